The van der Waals surface area contributed by atoms with Gasteiger partial charge in [-0.3, -0.25) is 28.9 Å². The Bertz CT molecular complexity index is 1200. The molecule has 0 aliphatic carbocycles. The molecule has 2 heterocycles. The van der Waals surface area contributed by atoms with E-state index in [1.165, 1.54) is 6.92 Å². The molecule has 5 atom stereocenters. The molecule has 0 bridgehead atoms. The van der Waals surface area contributed by atoms with Crippen LogP contribution in [-0.4, -0.2) is 76.3 Å². The Kier molecular flexibility index (Phi) is 10.4. The minimum atomic E-state index is -1.44. The highest BCUT2D eigenvalue weighted by atomic mass is 32.2. The Morgan fingerprint density at radius 1 is 0.923 bits per heavy atom. The second-order valence-corrected chi connectivity index (χ2v) is 10.1. The molecule has 0 spiro atoms. The van der Waals surface area contributed by atoms with Gasteiger partial charge < -0.3 is 23.7 Å². The second kappa shape index (κ2) is 13.5. The van der Waals surface area contributed by atoms with Crippen LogP contribution in [0.25, 0.3) is 6.08 Å². The van der Waals surface area contributed by atoms with Crippen molar-refractivity contribution in [2.75, 3.05) is 6.61 Å². The molecule has 2 saturated heterocycles. The number of ether oxygens (including phenoxy) is 5. The molecule has 13 heteroatoms. The van der Waals surface area contributed by atoms with Gasteiger partial charge in [0, 0.05) is 27.7 Å². The van der Waals surface area contributed by atoms with Gasteiger partial charge in [-0.05, 0) is 11.6 Å². The predicted octanol–water partition coefficient (Wildman–Crippen LogP) is 2.53. The van der Waals surface area contributed by atoms with E-state index < -0.39 is 67.0 Å². The Hall–Kier alpha value is -3.55. The van der Waals surface area contributed by atoms with Gasteiger partial charge in [-0.25, -0.2) is 0 Å². The van der Waals surface area contributed by atoms with Gasteiger partial charge in [0.05, 0.1) is 4.91 Å². The van der Waals surface area contributed by atoms with Gasteiger partial charge in [-0.15, -0.1) is 0 Å². The Morgan fingerprint density at radius 2 is 1.51 bits per heavy atom. The third-order valence-electron chi connectivity index (χ3n) is 5.38. The molecular formula is C26H27NO10S2. The van der Waals surface area contributed by atoms with Crippen molar-refractivity contribution in [2.45, 2.75) is 58.3 Å². The average Bonchev–Trinajstić information content (AvgIpc) is 3.13. The van der Waals surface area contributed by atoms with Crippen LogP contribution in [0.5, 0.6) is 0 Å². The molecule has 1 aromatic carbocycles. The number of benzene rings is 1. The number of carbonyl (C=O) groups is 5. The summed E-state index contributed by atoms with van der Waals surface area (Å²) >= 11 is 6.46. The molecule has 0 radical (unpaired) electrons. The molecule has 1 aromatic rings. The first-order valence-electron chi connectivity index (χ1n) is 11.8. The minimum absolute atomic E-state index is 0.0836. The largest absolute Gasteiger partial charge is 0.463 e. The molecule has 0 N–H and O–H groups in total. The molecule has 2 aliphatic rings. The smallest absolute Gasteiger partial charge is 0.303 e. The molecule has 0 unspecified atom stereocenters. The maximum atomic E-state index is 13.5. The summed E-state index contributed by atoms with van der Waals surface area (Å²) in [7, 11) is 0. The lowest BCUT2D eigenvalue weighted by molar-refractivity contribution is -0.268. The van der Waals surface area contributed by atoms with Crippen LogP contribution in [0.1, 0.15) is 33.3 Å². The highest BCUT2D eigenvalue weighted by Gasteiger charge is 2.56. The quantitative estimate of drug-likeness (QED) is 0.194. The summed E-state index contributed by atoms with van der Waals surface area (Å²) in [6.45, 7) is 4.10. The fourth-order valence-electron chi connectivity index (χ4n) is 3.94. The summed E-state index contributed by atoms with van der Waals surface area (Å²) in [5.74, 6) is -3.52. The summed E-state index contributed by atoms with van der Waals surface area (Å²) in [6.07, 6.45) is -1.72. The molecule has 0 saturated carbocycles. The van der Waals surface area contributed by atoms with E-state index in [9.17, 15) is 24.0 Å². The van der Waals surface area contributed by atoms with Crippen molar-refractivity contribution in [3.05, 3.63) is 53.0 Å². The number of hydrogen-bond donors (Lipinski definition) is 0. The molecule has 2 fully saturated rings. The zero-order chi connectivity index (χ0) is 28.7. The number of thiocarbonyl (C=S) groups is 1. The van der Waals surface area contributed by atoms with Gasteiger partial charge in [0.15, 0.2) is 28.9 Å². The Balaban J connectivity index is 1.99. The van der Waals surface area contributed by atoms with E-state index in [1.807, 2.05) is 30.3 Å². The second-order valence-electron chi connectivity index (χ2n) is 8.43. The predicted molar refractivity (Wildman–Crippen MR) is 143 cm³/mol. The van der Waals surface area contributed by atoms with E-state index in [0.717, 1.165) is 43.0 Å². The minimum Gasteiger partial charge on any atom is -0.463 e. The van der Waals surface area contributed by atoms with E-state index in [1.54, 1.807) is 18.2 Å². The van der Waals surface area contributed by atoms with Gasteiger partial charge in [-0.1, -0.05) is 66.5 Å². The topological polar surface area (TPSA) is 135 Å². The van der Waals surface area contributed by atoms with Crippen molar-refractivity contribution >= 4 is 64.2 Å². The highest BCUT2D eigenvalue weighted by Crippen LogP contribution is 2.38. The summed E-state index contributed by atoms with van der Waals surface area (Å²) in [5, 5.41) is 0. The van der Waals surface area contributed by atoms with Gasteiger partial charge in [0.25, 0.3) is 5.91 Å². The van der Waals surface area contributed by atoms with Crippen molar-refractivity contribution in [3.63, 3.8) is 0 Å². The molecule has 1 amide bonds. The number of esters is 4. The first kappa shape index (κ1) is 30.0. The fraction of sp³-hybridized carbons (Fsp3) is 0.385. The molecular weight excluding hydrogens is 550 g/mol. The van der Waals surface area contributed by atoms with Crippen LogP contribution in [0.3, 0.4) is 0 Å². The number of hydrogen-bond acceptors (Lipinski definition) is 12. The lowest BCUT2D eigenvalue weighted by Crippen LogP contribution is -2.66. The van der Waals surface area contributed by atoms with Crippen LogP contribution in [0.4, 0.5) is 0 Å². The Morgan fingerprint density at radius 3 is 2.10 bits per heavy atom. The molecule has 0 aromatic heterocycles. The fourth-order valence-corrected chi connectivity index (χ4v) is 5.20. The third kappa shape index (κ3) is 7.97. The van der Waals surface area contributed by atoms with Crippen molar-refractivity contribution in [1.82, 2.24) is 4.90 Å². The summed E-state index contributed by atoms with van der Waals surface area (Å²) in [5.41, 5.74) is 0.920. The SMILES string of the molecule is CC(=O)OC[C@@H]1O[C@H](N2C(=O)/C(=C\C=C\c3ccccc3)SC2=S)[C@H](OC(C)=O)[C@H](OC(C)=O)[C@H]1OC(C)=O. The summed E-state index contributed by atoms with van der Waals surface area (Å²) in [4.78, 5) is 62.4. The van der Waals surface area contributed by atoms with E-state index >= 15 is 0 Å². The summed E-state index contributed by atoms with van der Waals surface area (Å²) < 4.78 is 27.5. The molecule has 2 aliphatic heterocycles. The number of nitrogens with zero attached hydrogens (tertiary/aromatic N) is 1. The van der Waals surface area contributed by atoms with Crippen LogP contribution in [0.2, 0.25) is 0 Å². The van der Waals surface area contributed by atoms with Gasteiger partial charge in [0.2, 0.25) is 0 Å². The van der Waals surface area contributed by atoms with Gasteiger partial charge in [0.1, 0.15) is 12.7 Å². The van der Waals surface area contributed by atoms with Crippen molar-refractivity contribution in [1.29, 1.82) is 0 Å². The maximum Gasteiger partial charge on any atom is 0.303 e. The van der Waals surface area contributed by atoms with E-state index in [-0.39, 0.29) is 9.23 Å². The maximum absolute atomic E-state index is 13.5. The zero-order valence-corrected chi connectivity index (χ0v) is 23.2. The lowest BCUT2D eigenvalue weighted by Gasteiger charge is -2.46. The first-order chi connectivity index (χ1) is 18.5. The Labute approximate surface area is 234 Å². The lowest BCUT2D eigenvalue weighted by atomic mass is 9.96. The first-order valence-corrected chi connectivity index (χ1v) is 13.0. The number of rotatable bonds is 8. The van der Waals surface area contributed by atoms with E-state index in [0.29, 0.717) is 0 Å². The standard InChI is InChI=1S/C26H27NO10S2/c1-14(28)33-13-19-21(34-15(2)29)22(35-16(3)30)23(36-17(4)31)25(37-19)27-24(32)20(39-26(27)38)12-8-11-18-9-6-5-7-10-18/h5-12,19,21-23,25H,13H2,1-4H3/b11-8+,20-12+/t19-,21-,22+,23+,25-/m0/s1. The number of thioether (sulfide) groups is 1. The third-order valence-corrected chi connectivity index (χ3v) is 6.73. The number of amides is 1. The number of carbonyl (C=O) groups excluding carboxylic acids is 5. The van der Waals surface area contributed by atoms with Crippen molar-refractivity contribution in [2.24, 2.45) is 0 Å². The zero-order valence-electron chi connectivity index (χ0n) is 21.6. The van der Waals surface area contributed by atoms with Crippen LogP contribution in [-0.2, 0) is 47.7 Å². The molecule has 3 rings (SSSR count). The monoisotopic (exact) mass is 577 g/mol. The van der Waals surface area contributed by atoms with Gasteiger partial charge >= 0.3 is 23.9 Å². The van der Waals surface area contributed by atoms with Crippen LogP contribution < -0.4 is 0 Å². The molecule has 11 nitrogen and oxygen atoms in total. The normalized spacial score (nSPS) is 26.0. The van der Waals surface area contributed by atoms with Crippen molar-refractivity contribution < 1.29 is 47.7 Å². The molecule has 39 heavy (non-hydrogen) atoms. The van der Waals surface area contributed by atoms with Crippen LogP contribution >= 0.6 is 24.0 Å². The molecule has 208 valence electrons. The highest BCUT2D eigenvalue weighted by molar-refractivity contribution is 8.26. The van der Waals surface area contributed by atoms with Crippen LogP contribution in [0, 0.1) is 0 Å². The number of allylic oxidation sites excluding steroid dienone is 2. The average molecular weight is 578 g/mol. The van der Waals surface area contributed by atoms with Gasteiger partial charge in [-0.2, -0.15) is 0 Å². The van der Waals surface area contributed by atoms with E-state index in [4.69, 9.17) is 35.9 Å². The van der Waals surface area contributed by atoms with Crippen molar-refractivity contribution in [3.8, 4) is 0 Å². The van der Waals surface area contributed by atoms with E-state index in [2.05, 4.69) is 0 Å². The van der Waals surface area contributed by atoms with Crippen LogP contribution in [0.15, 0.2) is 47.4 Å². The summed E-state index contributed by atoms with van der Waals surface area (Å²) in [6, 6.07) is 9.43.